The number of hydrogen-bond acceptors (Lipinski definition) is 3. The van der Waals surface area contributed by atoms with E-state index in [0.29, 0.717) is 30.6 Å². The average Bonchev–Trinajstić information content (AvgIpc) is 2.61. The molecule has 0 bridgehead atoms. The van der Waals surface area contributed by atoms with Gasteiger partial charge in [-0.25, -0.2) is 17.9 Å². The Morgan fingerprint density at radius 1 is 1.19 bits per heavy atom. The van der Waals surface area contributed by atoms with Crippen molar-refractivity contribution in [3.8, 4) is 0 Å². The van der Waals surface area contributed by atoms with Crippen molar-refractivity contribution < 1.29 is 17.6 Å². The molecule has 136 valence electrons. The highest BCUT2D eigenvalue weighted by Crippen LogP contribution is 2.23. The number of fused-ring (bicyclic) bond motifs is 1. The summed E-state index contributed by atoms with van der Waals surface area (Å²) in [6.45, 7) is 2.45. The molecular weight excluding hydrogens is 355 g/mol. The molecule has 0 spiro atoms. The summed E-state index contributed by atoms with van der Waals surface area (Å²) in [7, 11) is -3.79. The zero-order valence-electron chi connectivity index (χ0n) is 14.3. The molecule has 0 aromatic heterocycles. The van der Waals surface area contributed by atoms with Crippen molar-refractivity contribution in [1.29, 1.82) is 0 Å². The zero-order valence-corrected chi connectivity index (χ0v) is 15.1. The van der Waals surface area contributed by atoms with Crippen LogP contribution in [0.4, 0.5) is 4.39 Å². The Hall–Kier alpha value is -2.51. The van der Waals surface area contributed by atoms with Crippen LogP contribution >= 0.6 is 0 Å². The largest absolute Gasteiger partial charge is 0.334 e. The minimum atomic E-state index is -3.79. The van der Waals surface area contributed by atoms with Gasteiger partial charge in [0.15, 0.2) is 0 Å². The second-order valence-electron chi connectivity index (χ2n) is 6.30. The van der Waals surface area contributed by atoms with Crippen molar-refractivity contribution in [2.24, 2.45) is 5.14 Å². The van der Waals surface area contributed by atoms with Crippen molar-refractivity contribution in [2.75, 3.05) is 6.54 Å². The first-order valence-corrected chi connectivity index (χ1v) is 9.67. The van der Waals surface area contributed by atoms with Gasteiger partial charge in [0.05, 0.1) is 4.90 Å². The number of benzene rings is 2. The van der Waals surface area contributed by atoms with E-state index in [0.717, 1.165) is 11.1 Å². The number of carbonyl (C=O) groups excluding carboxylic acids is 1. The van der Waals surface area contributed by atoms with E-state index in [1.807, 2.05) is 0 Å². The van der Waals surface area contributed by atoms with Crippen molar-refractivity contribution >= 4 is 22.0 Å². The van der Waals surface area contributed by atoms with Crippen molar-refractivity contribution in [1.82, 2.24) is 4.90 Å². The van der Waals surface area contributed by atoms with Gasteiger partial charge in [-0.2, -0.15) is 0 Å². The third kappa shape index (κ3) is 3.84. The van der Waals surface area contributed by atoms with Gasteiger partial charge in [-0.05, 0) is 48.7 Å². The number of halogens is 1. The van der Waals surface area contributed by atoms with Crippen molar-refractivity contribution in [3.63, 3.8) is 0 Å². The first-order valence-electron chi connectivity index (χ1n) is 8.12. The van der Waals surface area contributed by atoms with Crippen LogP contribution < -0.4 is 5.14 Å². The predicted octanol–water partition coefficient (Wildman–Crippen LogP) is 2.46. The third-order valence-electron chi connectivity index (χ3n) is 4.42. The molecule has 1 amide bonds. The van der Waals surface area contributed by atoms with Crippen LogP contribution in [0.5, 0.6) is 0 Å². The number of primary sulfonamides is 1. The molecule has 2 aromatic carbocycles. The second kappa shape index (κ2) is 7.01. The summed E-state index contributed by atoms with van der Waals surface area (Å²) in [6.07, 6.45) is 2.15. The van der Waals surface area contributed by atoms with Crippen LogP contribution in [0, 0.1) is 5.82 Å². The molecule has 3 rings (SSSR count). The fourth-order valence-electron chi connectivity index (χ4n) is 3.02. The molecule has 0 fully saturated rings. The SMILES string of the molecule is C/C(=C\c1ccccc1F)C(=O)N1CCc2ccc(S(N)(=O)=O)cc2C1. The first kappa shape index (κ1) is 18.3. The number of nitrogens with zero attached hydrogens (tertiary/aromatic N) is 1. The van der Waals surface area contributed by atoms with Gasteiger partial charge in [0, 0.05) is 24.2 Å². The number of rotatable bonds is 3. The molecular formula is C19H19FN2O3S. The van der Waals surface area contributed by atoms with Gasteiger partial charge in [-0.15, -0.1) is 0 Å². The lowest BCUT2D eigenvalue weighted by Gasteiger charge is -2.29. The number of sulfonamides is 1. The summed E-state index contributed by atoms with van der Waals surface area (Å²) >= 11 is 0. The highest BCUT2D eigenvalue weighted by Gasteiger charge is 2.23. The van der Waals surface area contributed by atoms with Crippen LogP contribution in [-0.4, -0.2) is 25.8 Å². The molecule has 7 heteroatoms. The Bertz CT molecular complexity index is 1000. The van der Waals surface area contributed by atoms with Crippen LogP contribution in [0.15, 0.2) is 52.9 Å². The molecule has 26 heavy (non-hydrogen) atoms. The molecule has 0 radical (unpaired) electrons. The van der Waals surface area contributed by atoms with E-state index >= 15 is 0 Å². The molecule has 0 unspecified atom stereocenters. The number of amides is 1. The Balaban J connectivity index is 1.84. The lowest BCUT2D eigenvalue weighted by Crippen LogP contribution is -2.36. The Labute approximate surface area is 152 Å². The maximum atomic E-state index is 13.8. The van der Waals surface area contributed by atoms with Crippen molar-refractivity contribution in [3.05, 3.63) is 70.5 Å². The Kier molecular flexibility index (Phi) is 4.93. The lowest BCUT2D eigenvalue weighted by molar-refractivity contribution is -0.127. The van der Waals surface area contributed by atoms with Crippen LogP contribution in [-0.2, 0) is 27.8 Å². The third-order valence-corrected chi connectivity index (χ3v) is 5.33. The maximum Gasteiger partial charge on any atom is 0.249 e. The minimum Gasteiger partial charge on any atom is -0.334 e. The van der Waals surface area contributed by atoms with E-state index in [1.165, 1.54) is 24.3 Å². The smallest absolute Gasteiger partial charge is 0.249 e. The van der Waals surface area contributed by atoms with Gasteiger partial charge >= 0.3 is 0 Å². The molecule has 1 aliphatic heterocycles. The molecule has 1 aliphatic rings. The highest BCUT2D eigenvalue weighted by molar-refractivity contribution is 7.89. The Morgan fingerprint density at radius 3 is 2.62 bits per heavy atom. The van der Waals surface area contributed by atoms with E-state index in [9.17, 15) is 17.6 Å². The zero-order chi connectivity index (χ0) is 18.9. The molecule has 0 saturated heterocycles. The number of hydrogen-bond donors (Lipinski definition) is 1. The van der Waals surface area contributed by atoms with Crippen LogP contribution in [0.1, 0.15) is 23.6 Å². The number of carbonyl (C=O) groups is 1. The fourth-order valence-corrected chi connectivity index (χ4v) is 3.58. The molecule has 1 heterocycles. The van der Waals surface area contributed by atoms with Gasteiger partial charge in [0.2, 0.25) is 15.9 Å². The summed E-state index contributed by atoms with van der Waals surface area (Å²) in [5, 5.41) is 5.18. The van der Waals surface area contributed by atoms with E-state index in [1.54, 1.807) is 36.1 Å². The molecule has 0 saturated carbocycles. The highest BCUT2D eigenvalue weighted by atomic mass is 32.2. The van der Waals surface area contributed by atoms with Gasteiger partial charge in [0.25, 0.3) is 0 Å². The number of nitrogens with two attached hydrogens (primary N) is 1. The molecule has 2 aromatic rings. The lowest BCUT2D eigenvalue weighted by atomic mass is 9.99. The predicted molar refractivity (Wildman–Crippen MR) is 97.0 cm³/mol. The summed E-state index contributed by atoms with van der Waals surface area (Å²) in [5.74, 6) is -0.596. The van der Waals surface area contributed by atoms with Crippen molar-refractivity contribution in [2.45, 2.75) is 24.8 Å². The Morgan fingerprint density at radius 2 is 1.92 bits per heavy atom. The van der Waals surface area contributed by atoms with Crippen LogP contribution in [0.3, 0.4) is 0 Å². The van der Waals surface area contributed by atoms with Crippen LogP contribution in [0.25, 0.3) is 6.08 Å². The first-order chi connectivity index (χ1) is 12.3. The maximum absolute atomic E-state index is 13.8. The van der Waals surface area contributed by atoms with E-state index in [-0.39, 0.29) is 16.6 Å². The van der Waals surface area contributed by atoms with Gasteiger partial charge < -0.3 is 4.90 Å². The van der Waals surface area contributed by atoms with E-state index < -0.39 is 10.0 Å². The average molecular weight is 374 g/mol. The normalized spacial score (nSPS) is 14.9. The minimum absolute atomic E-state index is 0.0316. The van der Waals surface area contributed by atoms with E-state index in [2.05, 4.69) is 0 Å². The van der Waals surface area contributed by atoms with Gasteiger partial charge in [-0.3, -0.25) is 4.79 Å². The fraction of sp³-hybridized carbons (Fsp3) is 0.211. The standard InChI is InChI=1S/C19H19FN2O3S/c1-13(10-15-4-2-3-5-18(15)20)19(23)22-9-8-14-6-7-17(26(21,24)25)11-16(14)12-22/h2-7,10-11H,8-9,12H2,1H3,(H2,21,24,25)/b13-10+. The van der Waals surface area contributed by atoms with Gasteiger partial charge in [0.1, 0.15) is 5.82 Å². The second-order valence-corrected chi connectivity index (χ2v) is 7.86. The molecule has 0 atom stereocenters. The molecule has 5 nitrogen and oxygen atoms in total. The van der Waals surface area contributed by atoms with Crippen LogP contribution in [0.2, 0.25) is 0 Å². The quantitative estimate of drug-likeness (QED) is 0.838. The monoisotopic (exact) mass is 374 g/mol. The summed E-state index contributed by atoms with van der Waals surface area (Å²) in [5.41, 5.74) is 2.53. The molecule has 2 N–H and O–H groups in total. The summed E-state index contributed by atoms with van der Waals surface area (Å²) in [4.78, 5) is 14.4. The topological polar surface area (TPSA) is 80.5 Å². The summed E-state index contributed by atoms with van der Waals surface area (Å²) < 4.78 is 36.8. The van der Waals surface area contributed by atoms with Gasteiger partial charge in [-0.1, -0.05) is 24.3 Å². The summed E-state index contributed by atoms with van der Waals surface area (Å²) in [6, 6.07) is 11.0. The van der Waals surface area contributed by atoms with E-state index in [4.69, 9.17) is 5.14 Å². The molecule has 0 aliphatic carbocycles.